The molecule has 370 valence electrons. The number of hydrogen-bond donors (Lipinski definition) is 0. The Hall–Kier alpha value is -10.6. The predicted octanol–water partition coefficient (Wildman–Crippen LogP) is 18.5. The molecular weight excluding hydrogens is 961 g/mol. The van der Waals surface area contributed by atoms with Crippen LogP contribution in [0.2, 0.25) is 0 Å². The molecule has 0 amide bonds. The van der Waals surface area contributed by atoms with E-state index in [0.29, 0.717) is 0 Å². The summed E-state index contributed by atoms with van der Waals surface area (Å²) < 4.78 is 0. The molecule has 1 aliphatic rings. The molecule has 4 heterocycles. The first-order valence-corrected chi connectivity index (χ1v) is 26.8. The van der Waals surface area contributed by atoms with E-state index in [0.717, 1.165) is 100.0 Å². The van der Waals surface area contributed by atoms with E-state index in [2.05, 4.69) is 252 Å². The summed E-state index contributed by atoms with van der Waals surface area (Å²) in [5, 5.41) is 4.05. The first-order chi connectivity index (χ1) is 39.3. The molecule has 0 spiro atoms. The van der Waals surface area contributed by atoms with E-state index in [1.807, 2.05) is 49.1 Å². The van der Waals surface area contributed by atoms with E-state index < -0.39 is 5.41 Å². The molecule has 14 aromatic rings. The van der Waals surface area contributed by atoms with E-state index in [4.69, 9.17) is 19.9 Å². The van der Waals surface area contributed by atoms with Crippen molar-refractivity contribution in [2.75, 3.05) is 9.80 Å². The fourth-order valence-electron chi connectivity index (χ4n) is 12.7. The van der Waals surface area contributed by atoms with Crippen LogP contribution < -0.4 is 9.80 Å². The average Bonchev–Trinajstić information content (AvgIpc) is 3.99. The van der Waals surface area contributed by atoms with Gasteiger partial charge < -0.3 is 9.80 Å². The van der Waals surface area contributed by atoms with E-state index in [-0.39, 0.29) is 0 Å². The van der Waals surface area contributed by atoms with Gasteiger partial charge in [-0.1, -0.05) is 170 Å². The van der Waals surface area contributed by atoms with Crippen LogP contribution in [0.1, 0.15) is 22.3 Å². The number of nitrogens with zero attached hydrogens (tertiary/aromatic N) is 6. The van der Waals surface area contributed by atoms with E-state index in [9.17, 15) is 0 Å². The predicted molar refractivity (Wildman–Crippen MR) is 325 cm³/mol. The molecule has 6 nitrogen and oxygen atoms in total. The minimum Gasteiger partial charge on any atom is -0.308 e. The van der Waals surface area contributed by atoms with Crippen LogP contribution in [-0.4, -0.2) is 19.9 Å². The maximum Gasteiger partial charge on any atom is 0.0956 e. The largest absolute Gasteiger partial charge is 0.308 e. The molecule has 0 saturated carbocycles. The molecule has 0 fully saturated rings. The molecule has 0 radical (unpaired) electrons. The van der Waals surface area contributed by atoms with Crippen molar-refractivity contribution in [1.82, 2.24) is 19.9 Å². The van der Waals surface area contributed by atoms with Crippen molar-refractivity contribution in [3.05, 3.63) is 314 Å². The van der Waals surface area contributed by atoms with Crippen LogP contribution in [0, 0.1) is 0 Å². The number of fused-ring (bicyclic) bond motifs is 7. The standard InChI is InChI=1S/C73H48N6/c1-7-23-51(24-8-1)73(52-25-9-2-10-26-52)63-47-49(65-59-35-19-45-76-69(59)71(61-37-21-43-74-67(61)65)78(53-27-11-3-12-28-53)54-29-13-4-14-30-54)39-41-57(63)58-42-40-50(48-64(58)73)66-60-36-20-46-77-70(60)72(62-38-22-44-75-68(62)66)79(55-31-15-5-16-32-55)56-33-17-6-18-34-56/h1-48H. The van der Waals surface area contributed by atoms with Crippen molar-refractivity contribution in [3.8, 4) is 33.4 Å². The molecular formula is C73H48N6. The highest BCUT2D eigenvalue weighted by Crippen LogP contribution is 2.59. The molecule has 4 aromatic heterocycles. The van der Waals surface area contributed by atoms with Gasteiger partial charge in [0.1, 0.15) is 0 Å². The zero-order chi connectivity index (χ0) is 52.3. The molecule has 0 atom stereocenters. The lowest BCUT2D eigenvalue weighted by molar-refractivity contribution is 0.769. The SMILES string of the molecule is c1ccc(N(c2ccccc2)c2c3cccnc3c(-c3ccc4c(c3)C(c3ccccc3)(c3ccccc3)c3cc(-c5c6cccnc6c(N(c6ccccc6)c6ccccc6)c6cccnc56)ccc3-4)c3cccnc23)cc1. The fourth-order valence-corrected chi connectivity index (χ4v) is 12.7. The van der Waals surface area contributed by atoms with Crippen molar-refractivity contribution in [1.29, 1.82) is 0 Å². The van der Waals surface area contributed by atoms with Gasteiger partial charge in [-0.25, -0.2) is 0 Å². The van der Waals surface area contributed by atoms with E-state index >= 15 is 0 Å². The van der Waals surface area contributed by atoms with Crippen LogP contribution in [0.3, 0.4) is 0 Å². The second-order valence-electron chi connectivity index (χ2n) is 20.1. The van der Waals surface area contributed by atoms with Crippen LogP contribution in [-0.2, 0) is 5.41 Å². The Bertz CT molecular complexity index is 4100. The number of pyridine rings is 4. The fraction of sp³-hybridized carbons (Fsp3) is 0.0137. The van der Waals surface area contributed by atoms with Crippen molar-refractivity contribution >= 4 is 77.7 Å². The number of anilines is 6. The Morgan fingerprint density at radius 1 is 0.266 bits per heavy atom. The highest BCUT2D eigenvalue weighted by molar-refractivity contribution is 6.22. The molecule has 0 bridgehead atoms. The molecule has 0 unspecified atom stereocenters. The van der Waals surface area contributed by atoms with Gasteiger partial charge in [0, 0.05) is 80.2 Å². The van der Waals surface area contributed by atoms with Crippen molar-refractivity contribution in [3.63, 3.8) is 0 Å². The lowest BCUT2D eigenvalue weighted by atomic mass is 9.67. The van der Waals surface area contributed by atoms with Gasteiger partial charge in [0.05, 0.1) is 38.9 Å². The third kappa shape index (κ3) is 7.26. The Balaban J connectivity index is 0.990. The van der Waals surface area contributed by atoms with Gasteiger partial charge >= 0.3 is 0 Å². The third-order valence-electron chi connectivity index (χ3n) is 15.8. The first kappa shape index (κ1) is 45.8. The lowest BCUT2D eigenvalue weighted by Gasteiger charge is -2.34. The molecule has 0 saturated heterocycles. The maximum absolute atomic E-state index is 5.30. The van der Waals surface area contributed by atoms with Crippen molar-refractivity contribution in [2.45, 2.75) is 5.41 Å². The molecule has 10 aromatic carbocycles. The summed E-state index contributed by atoms with van der Waals surface area (Å²) in [4.78, 5) is 25.8. The highest BCUT2D eigenvalue weighted by atomic mass is 15.2. The number of rotatable bonds is 10. The van der Waals surface area contributed by atoms with Crippen LogP contribution >= 0.6 is 0 Å². The second-order valence-corrected chi connectivity index (χ2v) is 20.1. The maximum atomic E-state index is 5.30. The van der Waals surface area contributed by atoms with Crippen LogP contribution in [0.25, 0.3) is 77.0 Å². The highest BCUT2D eigenvalue weighted by Gasteiger charge is 2.47. The lowest BCUT2D eigenvalue weighted by Crippen LogP contribution is -2.28. The smallest absolute Gasteiger partial charge is 0.0956 e. The topological polar surface area (TPSA) is 58.0 Å². The number of benzene rings is 10. The van der Waals surface area contributed by atoms with Gasteiger partial charge in [0.25, 0.3) is 0 Å². The summed E-state index contributed by atoms with van der Waals surface area (Å²) >= 11 is 0. The number of para-hydroxylation sites is 4. The Kier molecular flexibility index (Phi) is 11.0. The van der Waals surface area contributed by atoms with E-state index in [1.54, 1.807) is 0 Å². The quantitative estimate of drug-likeness (QED) is 0.127. The van der Waals surface area contributed by atoms with E-state index in [1.165, 1.54) is 33.4 Å². The molecule has 79 heavy (non-hydrogen) atoms. The minimum atomic E-state index is -0.748. The van der Waals surface area contributed by atoms with Crippen LogP contribution in [0.15, 0.2) is 292 Å². The normalized spacial score (nSPS) is 12.4. The molecule has 6 heteroatoms. The molecule has 0 N–H and O–H groups in total. The van der Waals surface area contributed by atoms with Gasteiger partial charge in [0.15, 0.2) is 0 Å². The van der Waals surface area contributed by atoms with Gasteiger partial charge in [-0.3, -0.25) is 19.9 Å². The first-order valence-electron chi connectivity index (χ1n) is 26.8. The Labute approximate surface area is 457 Å². The second kappa shape index (κ2) is 18.9. The zero-order valence-corrected chi connectivity index (χ0v) is 42.9. The summed E-state index contributed by atoms with van der Waals surface area (Å²) in [6.07, 6.45) is 7.66. The molecule has 1 aliphatic carbocycles. The average molecular weight is 1010 g/mol. The molecule has 15 rings (SSSR count). The van der Waals surface area contributed by atoms with Crippen molar-refractivity contribution < 1.29 is 0 Å². The minimum absolute atomic E-state index is 0.748. The third-order valence-corrected chi connectivity index (χ3v) is 15.8. The summed E-state index contributed by atoms with van der Waals surface area (Å²) in [6, 6.07) is 95.5. The van der Waals surface area contributed by atoms with Gasteiger partial charge in [-0.05, 0) is 142 Å². The van der Waals surface area contributed by atoms with Gasteiger partial charge in [-0.2, -0.15) is 0 Å². The Morgan fingerprint density at radius 3 is 0.911 bits per heavy atom. The zero-order valence-electron chi connectivity index (χ0n) is 42.9. The summed E-state index contributed by atoms with van der Waals surface area (Å²) in [6.45, 7) is 0. The van der Waals surface area contributed by atoms with Gasteiger partial charge in [0.2, 0.25) is 0 Å². The monoisotopic (exact) mass is 1010 g/mol. The van der Waals surface area contributed by atoms with Crippen LogP contribution in [0.4, 0.5) is 34.1 Å². The summed E-state index contributed by atoms with van der Waals surface area (Å²) in [7, 11) is 0. The molecule has 0 aliphatic heterocycles. The summed E-state index contributed by atoms with van der Waals surface area (Å²) in [5.74, 6) is 0. The number of hydrogen-bond acceptors (Lipinski definition) is 6. The Morgan fingerprint density at radius 2 is 0.570 bits per heavy atom. The van der Waals surface area contributed by atoms with Crippen LogP contribution in [0.5, 0.6) is 0 Å². The summed E-state index contributed by atoms with van der Waals surface area (Å²) in [5.41, 5.74) is 20.2. The van der Waals surface area contributed by atoms with Crippen molar-refractivity contribution in [2.24, 2.45) is 0 Å². The van der Waals surface area contributed by atoms with Gasteiger partial charge in [-0.15, -0.1) is 0 Å². The number of aromatic nitrogens is 4.